The summed E-state index contributed by atoms with van der Waals surface area (Å²) in [4.78, 5) is 39.5. The molecule has 3 atom stereocenters. The van der Waals surface area contributed by atoms with Crippen LogP contribution in [0.3, 0.4) is 0 Å². The fourth-order valence-electron chi connectivity index (χ4n) is 6.69. The van der Waals surface area contributed by atoms with E-state index in [0.29, 0.717) is 41.9 Å². The number of nitrogens with zero attached hydrogens (tertiary/aromatic N) is 5. The van der Waals surface area contributed by atoms with E-state index in [9.17, 15) is 18.0 Å². The van der Waals surface area contributed by atoms with Gasteiger partial charge in [0.1, 0.15) is 0 Å². The number of amides is 2. The minimum Gasteiger partial charge on any atom is -0.349 e. The van der Waals surface area contributed by atoms with Gasteiger partial charge in [-0.3, -0.25) is 9.59 Å². The Morgan fingerprint density at radius 3 is 2.15 bits per heavy atom. The maximum absolute atomic E-state index is 13.5. The molecule has 3 heterocycles. The van der Waals surface area contributed by atoms with Gasteiger partial charge in [-0.1, -0.05) is 43.2 Å². The molecule has 2 aliphatic heterocycles. The van der Waals surface area contributed by atoms with Gasteiger partial charge in [0, 0.05) is 45.7 Å². The van der Waals surface area contributed by atoms with E-state index in [1.54, 1.807) is 13.8 Å². The number of sulfonamides is 1. The summed E-state index contributed by atoms with van der Waals surface area (Å²) < 4.78 is 24.9. The fourth-order valence-corrected chi connectivity index (χ4v) is 7.07. The van der Waals surface area contributed by atoms with Crippen LogP contribution in [-0.4, -0.2) is 86.0 Å². The number of likely N-dealkylation sites (tertiary alicyclic amines) is 2. The van der Waals surface area contributed by atoms with Crippen molar-refractivity contribution in [3.63, 3.8) is 0 Å². The molecule has 1 aromatic carbocycles. The highest BCUT2D eigenvalue weighted by Gasteiger charge is 2.42. The quantitative estimate of drug-likeness (QED) is 0.483. The van der Waals surface area contributed by atoms with Crippen LogP contribution >= 0.6 is 0 Å². The molecule has 0 radical (unpaired) electrons. The van der Waals surface area contributed by atoms with E-state index in [1.165, 1.54) is 7.05 Å². The zero-order valence-corrected chi connectivity index (χ0v) is 25.4. The summed E-state index contributed by atoms with van der Waals surface area (Å²) >= 11 is 0. The lowest BCUT2D eigenvalue weighted by molar-refractivity contribution is -0.125. The number of hydrogen-bond donors (Lipinski definition) is 1. The molecule has 11 heteroatoms. The Morgan fingerprint density at radius 1 is 1.00 bits per heavy atom. The maximum atomic E-state index is 13.5. The minimum atomic E-state index is -3.50. The molecule has 1 saturated carbocycles. The molecule has 1 aliphatic carbocycles. The number of carbonyl (C=O) groups is 2. The average molecular weight is 583 g/mol. The van der Waals surface area contributed by atoms with Crippen molar-refractivity contribution >= 4 is 27.8 Å². The molecule has 0 spiro atoms. The number of aryl methyl sites for hydroxylation is 2. The Balaban J connectivity index is 1.18. The highest BCUT2D eigenvalue weighted by molar-refractivity contribution is 7.92. The smallest absolute Gasteiger partial charge is 0.257 e. The monoisotopic (exact) mass is 582 g/mol. The van der Waals surface area contributed by atoms with Crippen molar-refractivity contribution in [2.75, 3.05) is 50.3 Å². The lowest BCUT2D eigenvalue weighted by Gasteiger charge is -2.26. The third-order valence-corrected chi connectivity index (χ3v) is 10.2. The standard InChI is InChI=1S/C30H42N6O4S/c1-20-27(21(2)32-30(31-20)34(3)41(4,39)40)29(38)36-18-24-16-35(17-25(24)19-36)15-14-26(22-10-6-5-7-11-22)33-28(37)23-12-8-9-13-23/h5-7,10-11,23-26H,8-9,12-19H2,1-4H3,(H,33,37)/t24?,25?,26-/m0/s1. The molecule has 1 N–H and O–H groups in total. The van der Waals surface area contributed by atoms with Crippen LogP contribution in [0.1, 0.15) is 65.5 Å². The van der Waals surface area contributed by atoms with Crippen molar-refractivity contribution in [2.45, 2.75) is 52.0 Å². The van der Waals surface area contributed by atoms with Crippen LogP contribution < -0.4 is 9.62 Å². The first-order chi connectivity index (χ1) is 19.5. The van der Waals surface area contributed by atoms with Gasteiger partial charge in [0.25, 0.3) is 5.91 Å². The third kappa shape index (κ3) is 6.56. The highest BCUT2D eigenvalue weighted by atomic mass is 32.2. The van der Waals surface area contributed by atoms with Crippen molar-refractivity contribution < 1.29 is 18.0 Å². The molecule has 10 nitrogen and oxygen atoms in total. The summed E-state index contributed by atoms with van der Waals surface area (Å²) in [7, 11) is -2.10. The molecule has 2 unspecified atom stereocenters. The normalized spacial score (nSPS) is 22.1. The van der Waals surface area contributed by atoms with E-state index < -0.39 is 10.0 Å². The van der Waals surface area contributed by atoms with E-state index in [-0.39, 0.29) is 29.7 Å². The summed E-state index contributed by atoms with van der Waals surface area (Å²) in [5.74, 6) is 1.12. The molecule has 2 saturated heterocycles. The van der Waals surface area contributed by atoms with Gasteiger partial charge in [0.2, 0.25) is 21.9 Å². The van der Waals surface area contributed by atoms with Gasteiger partial charge in [0.05, 0.1) is 29.2 Å². The van der Waals surface area contributed by atoms with Crippen LogP contribution in [0.4, 0.5) is 5.95 Å². The molecule has 2 amide bonds. The van der Waals surface area contributed by atoms with Gasteiger partial charge < -0.3 is 15.1 Å². The van der Waals surface area contributed by atoms with E-state index in [0.717, 1.165) is 67.9 Å². The number of aromatic nitrogens is 2. The number of nitrogens with one attached hydrogen (secondary N) is 1. The van der Waals surface area contributed by atoms with Crippen molar-refractivity contribution in [3.05, 3.63) is 52.8 Å². The highest BCUT2D eigenvalue weighted by Crippen LogP contribution is 2.33. The fraction of sp³-hybridized carbons (Fsp3) is 0.600. The average Bonchev–Trinajstić information content (AvgIpc) is 3.67. The van der Waals surface area contributed by atoms with Crippen LogP contribution in [0, 0.1) is 31.6 Å². The second-order valence-corrected chi connectivity index (χ2v) is 14.0. The van der Waals surface area contributed by atoms with E-state index in [4.69, 9.17) is 0 Å². The van der Waals surface area contributed by atoms with Crippen LogP contribution in [0.15, 0.2) is 30.3 Å². The van der Waals surface area contributed by atoms with Crippen molar-refractivity contribution in [3.8, 4) is 0 Å². The molecule has 5 rings (SSSR count). The van der Waals surface area contributed by atoms with E-state index >= 15 is 0 Å². The zero-order chi connectivity index (χ0) is 29.3. The lowest BCUT2D eigenvalue weighted by Crippen LogP contribution is -2.37. The minimum absolute atomic E-state index is 0.00141. The molecule has 3 fully saturated rings. The van der Waals surface area contributed by atoms with Crippen LogP contribution in [0.5, 0.6) is 0 Å². The van der Waals surface area contributed by atoms with E-state index in [1.807, 2.05) is 23.1 Å². The Hall–Kier alpha value is -3.05. The predicted octanol–water partition coefficient (Wildman–Crippen LogP) is 2.93. The molecular formula is C30H42N6O4S. The largest absolute Gasteiger partial charge is 0.349 e. The number of rotatable bonds is 9. The third-order valence-electron chi connectivity index (χ3n) is 9.08. The Bertz CT molecular complexity index is 1340. The number of hydrogen-bond acceptors (Lipinski definition) is 7. The van der Waals surface area contributed by atoms with Crippen molar-refractivity contribution in [1.29, 1.82) is 0 Å². The summed E-state index contributed by atoms with van der Waals surface area (Å²) in [5, 5.41) is 3.35. The van der Waals surface area contributed by atoms with Gasteiger partial charge in [-0.15, -0.1) is 0 Å². The van der Waals surface area contributed by atoms with Gasteiger partial charge in [-0.2, -0.15) is 0 Å². The second-order valence-electron chi connectivity index (χ2n) is 12.0. The van der Waals surface area contributed by atoms with Gasteiger partial charge in [0.15, 0.2) is 0 Å². The first kappa shape index (κ1) is 29.4. The molecule has 1 aromatic heterocycles. The first-order valence-electron chi connectivity index (χ1n) is 14.7. The maximum Gasteiger partial charge on any atom is 0.257 e. The SMILES string of the molecule is Cc1nc(N(C)S(C)(=O)=O)nc(C)c1C(=O)N1CC2CN(CC[C@H](NC(=O)C3CCCC3)c3ccccc3)CC2C1. The summed E-state index contributed by atoms with van der Waals surface area (Å²) in [6.45, 7) is 7.59. The Morgan fingerprint density at radius 2 is 1.59 bits per heavy atom. The van der Waals surface area contributed by atoms with Gasteiger partial charge in [-0.25, -0.2) is 22.7 Å². The number of benzene rings is 1. The van der Waals surface area contributed by atoms with Gasteiger partial charge >= 0.3 is 0 Å². The van der Waals surface area contributed by atoms with Crippen LogP contribution in [0.2, 0.25) is 0 Å². The van der Waals surface area contributed by atoms with Crippen molar-refractivity contribution in [1.82, 2.24) is 25.1 Å². The molecular weight excluding hydrogens is 540 g/mol. The zero-order valence-electron chi connectivity index (χ0n) is 24.5. The molecule has 0 bridgehead atoms. The number of carbonyl (C=O) groups excluding carboxylic acids is 2. The van der Waals surface area contributed by atoms with Crippen molar-refractivity contribution in [2.24, 2.45) is 17.8 Å². The predicted molar refractivity (Wildman–Crippen MR) is 158 cm³/mol. The first-order valence-corrected chi connectivity index (χ1v) is 16.5. The number of fused-ring (bicyclic) bond motifs is 1. The molecule has 41 heavy (non-hydrogen) atoms. The summed E-state index contributed by atoms with van der Waals surface area (Å²) in [6.07, 6.45) is 6.22. The molecule has 3 aliphatic rings. The number of anilines is 1. The Kier molecular flexibility index (Phi) is 8.65. The van der Waals surface area contributed by atoms with Crippen LogP contribution in [0.25, 0.3) is 0 Å². The van der Waals surface area contributed by atoms with Crippen LogP contribution in [-0.2, 0) is 14.8 Å². The topological polar surface area (TPSA) is 116 Å². The summed E-state index contributed by atoms with van der Waals surface area (Å²) in [6, 6.07) is 10.3. The Labute approximate surface area is 243 Å². The second kappa shape index (κ2) is 12.1. The van der Waals surface area contributed by atoms with E-state index in [2.05, 4.69) is 32.3 Å². The van der Waals surface area contributed by atoms with Gasteiger partial charge in [-0.05, 0) is 50.5 Å². The summed E-state index contributed by atoms with van der Waals surface area (Å²) in [5.41, 5.74) is 2.57. The lowest BCUT2D eigenvalue weighted by atomic mass is 10.0. The molecule has 222 valence electrons. The molecule has 2 aromatic rings.